The number of non-ortho nitro benzene ring substituents is 1. The number of hydrogen-bond acceptors (Lipinski definition) is 5. The normalized spacial score (nSPS) is 10.8. The second-order valence-electron chi connectivity index (χ2n) is 5.52. The summed E-state index contributed by atoms with van der Waals surface area (Å²) in [6, 6.07) is 19.6. The Balaban J connectivity index is 1.55. The Labute approximate surface area is 149 Å². The maximum Gasteiger partial charge on any atom is 0.269 e. The number of nitrogens with one attached hydrogen (secondary N) is 2. The Bertz CT molecular complexity index is 963. The van der Waals surface area contributed by atoms with Gasteiger partial charge in [-0.15, -0.1) is 0 Å². The number of fused-ring (bicyclic) bond motifs is 1. The Hall–Kier alpha value is -3.74. The van der Waals surface area contributed by atoms with Gasteiger partial charge in [-0.1, -0.05) is 36.4 Å². The number of carbonyl (C=O) groups is 1. The molecule has 0 radical (unpaired) electrons. The van der Waals surface area contributed by atoms with Crippen molar-refractivity contribution in [1.82, 2.24) is 5.43 Å². The zero-order valence-corrected chi connectivity index (χ0v) is 13.8. The number of amides is 1. The summed E-state index contributed by atoms with van der Waals surface area (Å²) in [5.41, 5.74) is 3.95. The van der Waals surface area contributed by atoms with E-state index >= 15 is 0 Å². The van der Waals surface area contributed by atoms with Crippen LogP contribution < -0.4 is 10.7 Å². The Morgan fingerprint density at radius 2 is 1.77 bits per heavy atom. The van der Waals surface area contributed by atoms with Crippen LogP contribution in [0, 0.1) is 10.1 Å². The fourth-order valence-electron chi connectivity index (χ4n) is 2.46. The second-order valence-corrected chi connectivity index (χ2v) is 5.52. The first kappa shape index (κ1) is 17.1. The molecule has 0 atom stereocenters. The van der Waals surface area contributed by atoms with E-state index < -0.39 is 4.92 Å². The molecule has 7 heteroatoms. The van der Waals surface area contributed by atoms with Crippen molar-refractivity contribution in [3.63, 3.8) is 0 Å². The lowest BCUT2D eigenvalue weighted by Gasteiger charge is -2.08. The van der Waals surface area contributed by atoms with E-state index in [4.69, 9.17) is 0 Å². The molecule has 0 saturated carbocycles. The molecule has 3 rings (SSSR count). The molecule has 0 aromatic heterocycles. The minimum Gasteiger partial charge on any atom is -0.376 e. The van der Waals surface area contributed by atoms with E-state index in [9.17, 15) is 14.9 Å². The molecule has 0 saturated heterocycles. The van der Waals surface area contributed by atoms with Crippen LogP contribution in [0.1, 0.15) is 5.56 Å². The summed E-state index contributed by atoms with van der Waals surface area (Å²) in [5.74, 6) is -0.295. The van der Waals surface area contributed by atoms with Gasteiger partial charge in [0.25, 0.3) is 11.6 Å². The van der Waals surface area contributed by atoms with Gasteiger partial charge in [-0.25, -0.2) is 5.43 Å². The molecule has 0 spiro atoms. The van der Waals surface area contributed by atoms with Crippen LogP contribution in [-0.4, -0.2) is 23.6 Å². The van der Waals surface area contributed by atoms with Crippen molar-refractivity contribution >= 4 is 34.3 Å². The molecule has 0 aliphatic carbocycles. The lowest BCUT2D eigenvalue weighted by Crippen LogP contribution is -2.25. The van der Waals surface area contributed by atoms with Crippen molar-refractivity contribution in [2.24, 2.45) is 5.10 Å². The van der Waals surface area contributed by atoms with Crippen molar-refractivity contribution in [2.45, 2.75) is 0 Å². The van der Waals surface area contributed by atoms with E-state index in [-0.39, 0.29) is 18.1 Å². The average molecular weight is 348 g/mol. The highest BCUT2D eigenvalue weighted by Crippen LogP contribution is 2.22. The van der Waals surface area contributed by atoms with Crippen molar-refractivity contribution in [3.8, 4) is 0 Å². The predicted octanol–water partition coefficient (Wildman–Crippen LogP) is 3.31. The monoisotopic (exact) mass is 348 g/mol. The number of carbonyl (C=O) groups excluding carboxylic acids is 1. The number of nitro benzene ring substituents is 1. The summed E-state index contributed by atoms with van der Waals surface area (Å²) in [7, 11) is 0. The van der Waals surface area contributed by atoms with Gasteiger partial charge in [-0.2, -0.15) is 5.10 Å². The predicted molar refractivity (Wildman–Crippen MR) is 101 cm³/mol. The van der Waals surface area contributed by atoms with Crippen LogP contribution in [0.2, 0.25) is 0 Å². The Morgan fingerprint density at radius 1 is 1.04 bits per heavy atom. The molecule has 0 unspecified atom stereocenters. The fourth-order valence-corrected chi connectivity index (χ4v) is 2.46. The summed E-state index contributed by atoms with van der Waals surface area (Å²) in [6.45, 7) is 0.0750. The summed E-state index contributed by atoms with van der Waals surface area (Å²) < 4.78 is 0. The summed E-state index contributed by atoms with van der Waals surface area (Å²) in [6.07, 6.45) is 1.43. The third-order valence-electron chi connectivity index (χ3n) is 3.74. The molecule has 1 amide bonds. The minimum atomic E-state index is -0.471. The smallest absolute Gasteiger partial charge is 0.269 e. The molecule has 0 bridgehead atoms. The summed E-state index contributed by atoms with van der Waals surface area (Å²) in [5, 5.41) is 19.7. The van der Waals surface area contributed by atoms with E-state index in [0.717, 1.165) is 16.5 Å². The number of rotatable bonds is 6. The van der Waals surface area contributed by atoms with Gasteiger partial charge < -0.3 is 5.32 Å². The number of nitro groups is 1. The molecule has 0 aliphatic heterocycles. The van der Waals surface area contributed by atoms with Gasteiger partial charge >= 0.3 is 0 Å². The molecule has 26 heavy (non-hydrogen) atoms. The first-order chi connectivity index (χ1) is 12.6. The van der Waals surface area contributed by atoms with Crippen molar-refractivity contribution in [2.75, 3.05) is 11.9 Å². The second kappa shape index (κ2) is 7.89. The zero-order chi connectivity index (χ0) is 18.4. The number of anilines is 1. The van der Waals surface area contributed by atoms with Crippen LogP contribution in [0.25, 0.3) is 10.8 Å². The largest absolute Gasteiger partial charge is 0.376 e. The Kier molecular flexibility index (Phi) is 5.19. The number of hydrazone groups is 1. The van der Waals surface area contributed by atoms with Crippen LogP contribution in [0.15, 0.2) is 71.8 Å². The topological polar surface area (TPSA) is 96.6 Å². The molecule has 3 aromatic carbocycles. The van der Waals surface area contributed by atoms with E-state index in [1.807, 2.05) is 42.5 Å². The fraction of sp³-hybridized carbons (Fsp3) is 0.0526. The SMILES string of the molecule is O=C(CNc1cccc2ccccc12)N/N=C\c1ccc([N+](=O)[O-])cc1. The molecule has 2 N–H and O–H groups in total. The van der Waals surface area contributed by atoms with Crippen LogP contribution >= 0.6 is 0 Å². The molecule has 0 heterocycles. The first-order valence-corrected chi connectivity index (χ1v) is 7.91. The highest BCUT2D eigenvalue weighted by atomic mass is 16.6. The maximum absolute atomic E-state index is 11.9. The van der Waals surface area contributed by atoms with Crippen molar-refractivity contribution in [1.29, 1.82) is 0 Å². The van der Waals surface area contributed by atoms with Gasteiger partial charge in [0.15, 0.2) is 0 Å². The molecule has 130 valence electrons. The summed E-state index contributed by atoms with van der Waals surface area (Å²) in [4.78, 5) is 22.0. The third-order valence-corrected chi connectivity index (χ3v) is 3.74. The standard InChI is InChI=1S/C19H16N4O3/c24-19(22-21-12-14-8-10-16(11-9-14)23(25)26)13-20-18-7-3-5-15-4-1-2-6-17(15)18/h1-12,20H,13H2,(H,22,24)/b21-12-. The quantitative estimate of drug-likeness (QED) is 0.406. The molecule has 7 nitrogen and oxygen atoms in total. The molecule has 0 fully saturated rings. The minimum absolute atomic E-state index is 0.00507. The molecule has 0 aliphatic rings. The van der Waals surface area contributed by atoms with Gasteiger partial charge in [-0.05, 0) is 29.1 Å². The van der Waals surface area contributed by atoms with E-state index in [1.165, 1.54) is 18.3 Å². The maximum atomic E-state index is 11.9. The van der Waals surface area contributed by atoms with Crippen molar-refractivity contribution < 1.29 is 9.72 Å². The van der Waals surface area contributed by atoms with Crippen LogP contribution in [0.5, 0.6) is 0 Å². The van der Waals surface area contributed by atoms with Crippen LogP contribution in [0.4, 0.5) is 11.4 Å². The lowest BCUT2D eigenvalue weighted by atomic mass is 10.1. The summed E-state index contributed by atoms with van der Waals surface area (Å²) >= 11 is 0. The van der Waals surface area contributed by atoms with E-state index in [2.05, 4.69) is 15.8 Å². The highest BCUT2D eigenvalue weighted by molar-refractivity contribution is 5.95. The van der Waals surface area contributed by atoms with E-state index in [0.29, 0.717) is 5.56 Å². The zero-order valence-electron chi connectivity index (χ0n) is 13.8. The number of nitrogens with zero attached hydrogens (tertiary/aromatic N) is 2. The van der Waals surface area contributed by atoms with Gasteiger partial charge in [0.1, 0.15) is 0 Å². The van der Waals surface area contributed by atoms with Gasteiger partial charge in [-0.3, -0.25) is 14.9 Å². The molecular weight excluding hydrogens is 332 g/mol. The average Bonchev–Trinajstić information content (AvgIpc) is 2.66. The molecular formula is C19H16N4O3. The van der Waals surface area contributed by atoms with E-state index in [1.54, 1.807) is 12.1 Å². The Morgan fingerprint density at radius 3 is 2.54 bits per heavy atom. The number of hydrogen-bond donors (Lipinski definition) is 2. The first-order valence-electron chi connectivity index (χ1n) is 7.91. The van der Waals surface area contributed by atoms with Gasteiger partial charge in [0.05, 0.1) is 17.7 Å². The highest BCUT2D eigenvalue weighted by Gasteiger charge is 2.04. The third kappa shape index (κ3) is 4.21. The lowest BCUT2D eigenvalue weighted by molar-refractivity contribution is -0.384. The van der Waals surface area contributed by atoms with Crippen LogP contribution in [-0.2, 0) is 4.79 Å². The number of benzene rings is 3. The van der Waals surface area contributed by atoms with Gasteiger partial charge in [0.2, 0.25) is 0 Å². The van der Waals surface area contributed by atoms with Gasteiger partial charge in [0, 0.05) is 23.2 Å². The molecule has 3 aromatic rings. The van der Waals surface area contributed by atoms with Crippen LogP contribution in [0.3, 0.4) is 0 Å². The van der Waals surface area contributed by atoms with Crippen molar-refractivity contribution in [3.05, 3.63) is 82.4 Å².